The molecule has 5 nitrogen and oxygen atoms in total. The predicted molar refractivity (Wildman–Crippen MR) is 147 cm³/mol. The van der Waals surface area contributed by atoms with E-state index in [1.165, 1.54) is 11.1 Å². The first-order valence-electron chi connectivity index (χ1n) is 13.1. The van der Waals surface area contributed by atoms with Crippen LogP contribution >= 0.6 is 11.8 Å². The summed E-state index contributed by atoms with van der Waals surface area (Å²) in [5.41, 5.74) is 5.15. The zero-order valence-electron chi connectivity index (χ0n) is 22.8. The lowest BCUT2D eigenvalue weighted by molar-refractivity contribution is -0.158. The number of carbonyl (C=O) groups is 2. The molecule has 1 saturated heterocycles. The molecule has 6 heteroatoms. The Bertz CT molecular complexity index is 1180. The van der Waals surface area contributed by atoms with E-state index in [1.54, 1.807) is 11.8 Å². The number of fused-ring (bicyclic) bond motifs is 2. The average molecular weight is 523 g/mol. The van der Waals surface area contributed by atoms with Crippen molar-refractivity contribution in [1.82, 2.24) is 0 Å². The van der Waals surface area contributed by atoms with Gasteiger partial charge in [-0.05, 0) is 72.9 Å². The fraction of sp³-hybridized carbons (Fsp3) is 0.484. The summed E-state index contributed by atoms with van der Waals surface area (Å²) in [6.07, 6.45) is 4.69. The quantitative estimate of drug-likeness (QED) is 0.323. The lowest BCUT2D eigenvalue weighted by Gasteiger charge is -2.28. The number of cyclic esters (lactones) is 1. The van der Waals surface area contributed by atoms with Gasteiger partial charge in [0.1, 0.15) is 12.5 Å². The summed E-state index contributed by atoms with van der Waals surface area (Å²) in [4.78, 5) is 27.9. The molecule has 1 spiro atoms. The topological polar surface area (TPSA) is 61.8 Å². The van der Waals surface area contributed by atoms with E-state index in [0.717, 1.165) is 33.6 Å². The molecule has 37 heavy (non-hydrogen) atoms. The van der Waals surface area contributed by atoms with E-state index in [0.29, 0.717) is 12.8 Å². The first-order valence-corrected chi connectivity index (χ1v) is 14.3. The van der Waals surface area contributed by atoms with E-state index in [-0.39, 0.29) is 24.7 Å². The molecule has 2 bridgehead atoms. The molecule has 4 rings (SSSR count). The van der Waals surface area contributed by atoms with Crippen LogP contribution in [0.1, 0.15) is 78.9 Å². The molecular formula is C31H38O5S. The molecule has 1 fully saturated rings. The van der Waals surface area contributed by atoms with Gasteiger partial charge in [-0.2, -0.15) is 0 Å². The van der Waals surface area contributed by atoms with Gasteiger partial charge in [-0.25, -0.2) is 0 Å². The van der Waals surface area contributed by atoms with Crippen molar-refractivity contribution in [3.63, 3.8) is 0 Å². The van der Waals surface area contributed by atoms with Crippen molar-refractivity contribution in [2.45, 2.75) is 78.3 Å². The Balaban J connectivity index is 1.71. The second-order valence-corrected chi connectivity index (χ2v) is 11.4. The smallest absolute Gasteiger partial charge is 0.314 e. The SMILES string of the molecule is CC[C@@H]1OC(=O)CC(=O)[C@]2(CO[C@@H](c3c(C)cc(C)cc3C)O2)C/C(SC)=C/[C@@H](C)Cc2cccc1c2. The minimum atomic E-state index is -1.25. The fourth-order valence-electron chi connectivity index (χ4n) is 5.55. The van der Waals surface area contributed by atoms with Gasteiger partial charge in [0.25, 0.3) is 0 Å². The van der Waals surface area contributed by atoms with Gasteiger partial charge in [0.2, 0.25) is 0 Å². The highest BCUT2D eigenvalue weighted by atomic mass is 32.2. The summed E-state index contributed by atoms with van der Waals surface area (Å²) in [6, 6.07) is 12.4. The molecule has 0 N–H and O–H groups in total. The highest BCUT2D eigenvalue weighted by molar-refractivity contribution is 8.02. The molecule has 2 aromatic rings. The Hall–Kier alpha value is -2.41. The number of benzene rings is 2. The van der Waals surface area contributed by atoms with Crippen LogP contribution in [-0.2, 0) is 30.2 Å². The number of hydrogen-bond donors (Lipinski definition) is 0. The normalized spacial score (nSPS) is 28.5. The molecule has 0 aromatic heterocycles. The first-order chi connectivity index (χ1) is 17.6. The lowest BCUT2D eigenvalue weighted by Crippen LogP contribution is -2.43. The van der Waals surface area contributed by atoms with Gasteiger partial charge in [-0.15, -0.1) is 11.8 Å². The summed E-state index contributed by atoms with van der Waals surface area (Å²) in [7, 11) is 0. The van der Waals surface area contributed by atoms with E-state index >= 15 is 0 Å². The molecule has 2 aromatic carbocycles. The lowest BCUT2D eigenvalue weighted by atomic mass is 9.90. The maximum atomic E-state index is 13.8. The van der Waals surface area contributed by atoms with Crippen LogP contribution in [0.3, 0.4) is 0 Å². The van der Waals surface area contributed by atoms with Gasteiger partial charge in [-0.1, -0.05) is 61.9 Å². The van der Waals surface area contributed by atoms with Gasteiger partial charge >= 0.3 is 5.97 Å². The molecule has 198 valence electrons. The summed E-state index contributed by atoms with van der Waals surface area (Å²) < 4.78 is 18.5. The third kappa shape index (κ3) is 6.19. The maximum Gasteiger partial charge on any atom is 0.314 e. The van der Waals surface area contributed by atoms with E-state index in [4.69, 9.17) is 14.2 Å². The Kier molecular flexibility index (Phi) is 8.62. The highest BCUT2D eigenvalue weighted by Crippen LogP contribution is 2.43. The predicted octanol–water partition coefficient (Wildman–Crippen LogP) is 6.88. The van der Waals surface area contributed by atoms with E-state index in [1.807, 2.05) is 39.2 Å². The standard InChI is InChI=1S/C31H38O5S/c1-7-26-24-10-8-9-23(15-24)13-20(3)14-25(37-6)17-31(27(32)16-28(33)35-26)18-34-30(36-31)29-21(4)11-19(2)12-22(29)5/h8-12,14-15,20,26,30H,7,13,16-18H2,1-6H3/b25-14-/t20-,26-,30+,31+/m0/s1. The molecule has 0 amide bonds. The van der Waals surface area contributed by atoms with Crippen LogP contribution in [0.5, 0.6) is 0 Å². The number of carbonyl (C=O) groups excluding carboxylic acids is 2. The summed E-state index contributed by atoms with van der Waals surface area (Å²) in [5.74, 6) is -0.567. The number of esters is 1. The first kappa shape index (κ1) is 27.6. The van der Waals surface area contributed by atoms with Crippen molar-refractivity contribution in [3.05, 3.63) is 80.8 Å². The number of Topliss-reactive ketones (excluding diaryl/α,β-unsaturated/α-hetero) is 1. The van der Waals surface area contributed by atoms with Crippen LogP contribution in [0.25, 0.3) is 0 Å². The van der Waals surface area contributed by atoms with E-state index in [9.17, 15) is 9.59 Å². The van der Waals surface area contributed by atoms with Crippen LogP contribution in [-0.4, -0.2) is 30.2 Å². The molecule has 2 aliphatic rings. The molecule has 2 aliphatic heterocycles. The Morgan fingerprint density at radius 1 is 1.08 bits per heavy atom. The minimum absolute atomic E-state index is 0.0963. The molecule has 0 radical (unpaired) electrons. The second-order valence-electron chi connectivity index (χ2n) is 10.5. The number of allylic oxidation sites excluding steroid dienone is 1. The van der Waals surface area contributed by atoms with E-state index < -0.39 is 24.0 Å². The molecular weight excluding hydrogens is 484 g/mol. The third-order valence-corrected chi connectivity index (χ3v) is 8.11. The Morgan fingerprint density at radius 3 is 2.49 bits per heavy atom. The number of aryl methyl sites for hydroxylation is 3. The highest BCUT2D eigenvalue weighted by Gasteiger charge is 2.49. The van der Waals surface area contributed by atoms with Crippen LogP contribution in [0.2, 0.25) is 0 Å². The molecule has 0 saturated carbocycles. The summed E-state index contributed by atoms with van der Waals surface area (Å²) >= 11 is 1.61. The van der Waals surface area contributed by atoms with Gasteiger partial charge in [-0.3, -0.25) is 9.59 Å². The van der Waals surface area contributed by atoms with Crippen molar-refractivity contribution in [3.8, 4) is 0 Å². The molecule has 0 unspecified atom stereocenters. The van der Waals surface area contributed by atoms with Gasteiger partial charge < -0.3 is 14.2 Å². The largest absolute Gasteiger partial charge is 0.457 e. The van der Waals surface area contributed by atoms with Crippen LogP contribution < -0.4 is 0 Å². The number of ketones is 1. The Morgan fingerprint density at radius 2 is 1.81 bits per heavy atom. The van der Waals surface area contributed by atoms with Gasteiger partial charge in [0.15, 0.2) is 17.7 Å². The average Bonchev–Trinajstić information content (AvgIpc) is 3.25. The van der Waals surface area contributed by atoms with Crippen LogP contribution in [0.4, 0.5) is 0 Å². The molecule has 4 atom stereocenters. The van der Waals surface area contributed by atoms with E-state index in [2.05, 4.69) is 44.2 Å². The number of rotatable bonds is 3. The number of hydrogen-bond acceptors (Lipinski definition) is 6. The van der Waals surface area contributed by atoms with Gasteiger partial charge in [0.05, 0.1) is 6.61 Å². The summed E-state index contributed by atoms with van der Waals surface area (Å²) in [5, 5.41) is 0. The van der Waals surface area contributed by atoms with Crippen molar-refractivity contribution < 1.29 is 23.8 Å². The Labute approximate surface area is 225 Å². The van der Waals surface area contributed by atoms with Crippen molar-refractivity contribution in [2.75, 3.05) is 12.9 Å². The number of thioether (sulfide) groups is 1. The third-order valence-electron chi connectivity index (χ3n) is 7.30. The number of ether oxygens (including phenoxy) is 3. The molecule has 2 heterocycles. The zero-order valence-corrected chi connectivity index (χ0v) is 23.6. The molecule has 0 aliphatic carbocycles. The second kappa shape index (κ2) is 11.5. The minimum Gasteiger partial charge on any atom is -0.457 e. The van der Waals surface area contributed by atoms with Gasteiger partial charge in [0, 0.05) is 12.0 Å². The summed E-state index contributed by atoms with van der Waals surface area (Å²) in [6.45, 7) is 10.4. The van der Waals surface area contributed by atoms with Crippen molar-refractivity contribution >= 4 is 23.5 Å². The maximum absolute atomic E-state index is 13.8. The fourth-order valence-corrected chi connectivity index (χ4v) is 6.30. The zero-order chi connectivity index (χ0) is 26.7. The van der Waals surface area contributed by atoms with Crippen molar-refractivity contribution in [1.29, 1.82) is 0 Å². The van der Waals surface area contributed by atoms with Crippen molar-refractivity contribution in [2.24, 2.45) is 5.92 Å². The van der Waals surface area contributed by atoms with Crippen LogP contribution in [0.15, 0.2) is 47.4 Å². The van der Waals surface area contributed by atoms with Crippen LogP contribution in [0, 0.1) is 26.7 Å². The monoisotopic (exact) mass is 522 g/mol.